The summed E-state index contributed by atoms with van der Waals surface area (Å²) in [4.78, 5) is 15.0. The zero-order valence-electron chi connectivity index (χ0n) is 11.4. The largest absolute Gasteiger partial charge is 0.478 e. The second kappa shape index (κ2) is 6.70. The van der Waals surface area contributed by atoms with Gasteiger partial charge in [-0.15, -0.1) is 0 Å². The Morgan fingerprint density at radius 3 is 2.60 bits per heavy atom. The van der Waals surface area contributed by atoms with Crippen LogP contribution in [0, 0.1) is 6.92 Å². The Balaban J connectivity index is 1.83. The van der Waals surface area contributed by atoms with Gasteiger partial charge in [0.1, 0.15) is 0 Å². The molecule has 0 aliphatic carbocycles. The highest BCUT2D eigenvalue weighted by Gasteiger charge is 2.08. The van der Waals surface area contributed by atoms with E-state index in [0.29, 0.717) is 18.2 Å². The van der Waals surface area contributed by atoms with Crippen molar-refractivity contribution in [3.63, 3.8) is 0 Å². The van der Waals surface area contributed by atoms with Crippen LogP contribution in [0.25, 0.3) is 0 Å². The number of rotatable bonds is 6. The lowest BCUT2D eigenvalue weighted by molar-refractivity contribution is 0.0695. The van der Waals surface area contributed by atoms with Crippen LogP contribution in [0.1, 0.15) is 28.0 Å². The Bertz CT molecular complexity index is 582. The number of carbonyl (C=O) groups is 1. The summed E-state index contributed by atoms with van der Waals surface area (Å²) in [6.07, 6.45) is 1.85. The molecular formula is C16H17NO3. The van der Waals surface area contributed by atoms with Gasteiger partial charge in [0, 0.05) is 6.07 Å². The quantitative estimate of drug-likeness (QED) is 0.820. The molecule has 1 aromatic carbocycles. The minimum Gasteiger partial charge on any atom is -0.478 e. The van der Waals surface area contributed by atoms with Crippen molar-refractivity contribution in [2.45, 2.75) is 19.8 Å². The summed E-state index contributed by atoms with van der Waals surface area (Å²) < 4.78 is 5.54. The summed E-state index contributed by atoms with van der Waals surface area (Å²) in [6.45, 7) is 2.23. The van der Waals surface area contributed by atoms with Crippen LogP contribution in [-0.2, 0) is 6.42 Å². The SMILES string of the molecule is Cc1nc(OCCCc2ccccc2)ccc1C(=O)O. The summed E-state index contributed by atoms with van der Waals surface area (Å²) in [5.41, 5.74) is 1.96. The number of carboxylic acid groups (broad SMARTS) is 1. The molecule has 0 atom stereocenters. The number of aromatic nitrogens is 1. The molecule has 0 unspecified atom stereocenters. The first-order chi connectivity index (χ1) is 9.66. The molecular weight excluding hydrogens is 254 g/mol. The number of hydrogen-bond donors (Lipinski definition) is 1. The minimum atomic E-state index is -0.967. The number of aromatic carboxylic acids is 1. The molecule has 0 radical (unpaired) electrons. The Morgan fingerprint density at radius 2 is 1.95 bits per heavy atom. The highest BCUT2D eigenvalue weighted by Crippen LogP contribution is 2.13. The molecule has 4 heteroatoms. The third-order valence-corrected chi connectivity index (χ3v) is 2.99. The van der Waals surface area contributed by atoms with Crippen molar-refractivity contribution in [2.75, 3.05) is 6.61 Å². The van der Waals surface area contributed by atoms with Crippen LogP contribution in [0.3, 0.4) is 0 Å². The molecule has 0 saturated carbocycles. The van der Waals surface area contributed by atoms with E-state index in [4.69, 9.17) is 9.84 Å². The van der Waals surface area contributed by atoms with Gasteiger partial charge in [-0.2, -0.15) is 0 Å². The van der Waals surface area contributed by atoms with Crippen LogP contribution in [-0.4, -0.2) is 22.7 Å². The minimum absolute atomic E-state index is 0.210. The fourth-order valence-electron chi connectivity index (χ4n) is 1.94. The number of aryl methyl sites for hydroxylation is 2. The summed E-state index contributed by atoms with van der Waals surface area (Å²) in [6, 6.07) is 13.3. The molecule has 0 amide bonds. The smallest absolute Gasteiger partial charge is 0.337 e. The lowest BCUT2D eigenvalue weighted by Gasteiger charge is -2.07. The maximum absolute atomic E-state index is 10.9. The van der Waals surface area contributed by atoms with Gasteiger partial charge < -0.3 is 9.84 Å². The van der Waals surface area contributed by atoms with Gasteiger partial charge in [0.15, 0.2) is 0 Å². The van der Waals surface area contributed by atoms with Gasteiger partial charge in [0.25, 0.3) is 0 Å². The molecule has 20 heavy (non-hydrogen) atoms. The first kappa shape index (κ1) is 14.1. The van der Waals surface area contributed by atoms with Gasteiger partial charge in [-0.3, -0.25) is 0 Å². The van der Waals surface area contributed by atoms with E-state index >= 15 is 0 Å². The number of nitrogens with zero attached hydrogens (tertiary/aromatic N) is 1. The molecule has 4 nitrogen and oxygen atoms in total. The number of hydrogen-bond acceptors (Lipinski definition) is 3. The van der Waals surface area contributed by atoms with E-state index in [1.54, 1.807) is 13.0 Å². The summed E-state index contributed by atoms with van der Waals surface area (Å²) in [5, 5.41) is 8.92. The van der Waals surface area contributed by atoms with E-state index in [9.17, 15) is 4.79 Å². The van der Waals surface area contributed by atoms with E-state index in [-0.39, 0.29) is 5.56 Å². The van der Waals surface area contributed by atoms with E-state index in [2.05, 4.69) is 17.1 Å². The summed E-state index contributed by atoms with van der Waals surface area (Å²) in [7, 11) is 0. The maximum Gasteiger partial charge on any atom is 0.337 e. The van der Waals surface area contributed by atoms with E-state index in [0.717, 1.165) is 12.8 Å². The maximum atomic E-state index is 10.9. The third kappa shape index (κ3) is 3.82. The molecule has 0 aliphatic heterocycles. The molecule has 0 spiro atoms. The Hall–Kier alpha value is -2.36. The van der Waals surface area contributed by atoms with Crippen molar-refractivity contribution >= 4 is 5.97 Å². The second-order valence-electron chi connectivity index (χ2n) is 4.53. The number of pyridine rings is 1. The average Bonchev–Trinajstić information content (AvgIpc) is 2.44. The van der Waals surface area contributed by atoms with Crippen LogP contribution >= 0.6 is 0 Å². The Kier molecular flexibility index (Phi) is 4.71. The molecule has 0 saturated heterocycles. The van der Waals surface area contributed by atoms with Crippen LogP contribution in [0.2, 0.25) is 0 Å². The number of benzene rings is 1. The highest BCUT2D eigenvalue weighted by atomic mass is 16.5. The molecule has 104 valence electrons. The van der Waals surface area contributed by atoms with E-state index in [1.807, 2.05) is 18.2 Å². The van der Waals surface area contributed by atoms with Crippen molar-refractivity contribution in [1.29, 1.82) is 0 Å². The van der Waals surface area contributed by atoms with Gasteiger partial charge in [-0.1, -0.05) is 30.3 Å². The molecule has 2 rings (SSSR count). The molecule has 0 aliphatic rings. The van der Waals surface area contributed by atoms with Gasteiger partial charge in [0.05, 0.1) is 17.9 Å². The summed E-state index contributed by atoms with van der Waals surface area (Å²) >= 11 is 0. The Labute approximate surface area is 118 Å². The molecule has 0 fully saturated rings. The highest BCUT2D eigenvalue weighted by molar-refractivity contribution is 5.88. The first-order valence-corrected chi connectivity index (χ1v) is 6.54. The van der Waals surface area contributed by atoms with Crippen molar-refractivity contribution in [3.8, 4) is 5.88 Å². The van der Waals surface area contributed by atoms with Crippen LogP contribution in [0.4, 0.5) is 0 Å². The molecule has 1 aromatic heterocycles. The fourth-order valence-corrected chi connectivity index (χ4v) is 1.94. The standard InChI is InChI=1S/C16H17NO3/c1-12-14(16(18)19)9-10-15(17-12)20-11-5-8-13-6-3-2-4-7-13/h2-4,6-7,9-10H,5,8,11H2,1H3,(H,18,19). The van der Waals surface area contributed by atoms with Gasteiger partial charge in [-0.25, -0.2) is 9.78 Å². The lowest BCUT2D eigenvalue weighted by Crippen LogP contribution is -2.05. The Morgan fingerprint density at radius 1 is 1.20 bits per heavy atom. The molecule has 2 aromatic rings. The first-order valence-electron chi connectivity index (χ1n) is 6.54. The number of ether oxygens (including phenoxy) is 1. The fraction of sp³-hybridized carbons (Fsp3) is 0.250. The van der Waals surface area contributed by atoms with Crippen molar-refractivity contribution < 1.29 is 14.6 Å². The van der Waals surface area contributed by atoms with Crippen molar-refractivity contribution in [2.24, 2.45) is 0 Å². The molecule has 1 heterocycles. The third-order valence-electron chi connectivity index (χ3n) is 2.99. The van der Waals surface area contributed by atoms with Crippen LogP contribution in [0.5, 0.6) is 5.88 Å². The lowest BCUT2D eigenvalue weighted by atomic mass is 10.1. The molecule has 0 bridgehead atoms. The predicted molar refractivity (Wildman–Crippen MR) is 76.2 cm³/mol. The normalized spacial score (nSPS) is 10.2. The number of carboxylic acids is 1. The average molecular weight is 271 g/mol. The molecule has 1 N–H and O–H groups in total. The van der Waals surface area contributed by atoms with Crippen molar-refractivity contribution in [1.82, 2.24) is 4.98 Å². The zero-order chi connectivity index (χ0) is 14.4. The van der Waals surface area contributed by atoms with Crippen LogP contribution < -0.4 is 4.74 Å². The van der Waals surface area contributed by atoms with E-state index in [1.165, 1.54) is 11.6 Å². The second-order valence-corrected chi connectivity index (χ2v) is 4.53. The summed E-state index contributed by atoms with van der Waals surface area (Å²) in [5.74, 6) is -0.494. The van der Waals surface area contributed by atoms with Gasteiger partial charge >= 0.3 is 5.97 Å². The van der Waals surface area contributed by atoms with Gasteiger partial charge in [-0.05, 0) is 31.4 Å². The van der Waals surface area contributed by atoms with Gasteiger partial charge in [0.2, 0.25) is 5.88 Å². The van der Waals surface area contributed by atoms with Crippen LogP contribution in [0.15, 0.2) is 42.5 Å². The van der Waals surface area contributed by atoms with Crippen molar-refractivity contribution in [3.05, 3.63) is 59.3 Å². The zero-order valence-corrected chi connectivity index (χ0v) is 11.4. The topological polar surface area (TPSA) is 59.4 Å². The van der Waals surface area contributed by atoms with E-state index < -0.39 is 5.97 Å². The predicted octanol–water partition coefficient (Wildman–Crippen LogP) is 3.10. The monoisotopic (exact) mass is 271 g/mol.